The normalized spacial score (nSPS) is 45.1. The van der Waals surface area contributed by atoms with Gasteiger partial charge < -0.3 is 0 Å². The van der Waals surface area contributed by atoms with Crippen molar-refractivity contribution in [3.63, 3.8) is 0 Å². The highest BCUT2D eigenvalue weighted by Crippen LogP contribution is 2.70. The number of hydrogen-bond donors (Lipinski definition) is 0. The van der Waals surface area contributed by atoms with Gasteiger partial charge in [-0.2, -0.15) is 26.3 Å². The molecule has 1 saturated heterocycles. The monoisotopic (exact) mass is 441 g/mol. The molecule has 5 saturated carbocycles. The number of hydrogen-bond acceptors (Lipinski definition) is 2. The summed E-state index contributed by atoms with van der Waals surface area (Å²) in [6.07, 6.45) is -1.52. The third-order valence-corrected chi connectivity index (χ3v) is 10.5. The molecule has 0 aromatic heterocycles. The molecule has 1 aliphatic heterocycles. The van der Waals surface area contributed by atoms with E-state index in [1.165, 1.54) is 0 Å². The van der Waals surface area contributed by atoms with Crippen molar-refractivity contribution in [1.82, 2.24) is 4.31 Å². The molecule has 29 heavy (non-hydrogen) atoms. The minimum absolute atomic E-state index is 0.0273. The largest absolute Gasteiger partial charge is 0.413 e. The molecule has 0 spiro atoms. The van der Waals surface area contributed by atoms with Crippen LogP contribution in [0.5, 0.6) is 0 Å². The summed E-state index contributed by atoms with van der Waals surface area (Å²) in [5.41, 5.74) is -0.459. The Morgan fingerprint density at radius 1 is 0.690 bits per heavy atom. The van der Waals surface area contributed by atoms with Crippen molar-refractivity contribution in [1.29, 1.82) is 0 Å². The van der Waals surface area contributed by atoms with Crippen molar-refractivity contribution in [2.45, 2.75) is 106 Å². The summed E-state index contributed by atoms with van der Waals surface area (Å²) in [5.74, 6) is 0.0719. The van der Waals surface area contributed by atoms with Crippen LogP contribution < -0.4 is 0 Å². The number of halogens is 6. The first-order valence-electron chi connectivity index (χ1n) is 11.2. The van der Waals surface area contributed by atoms with Gasteiger partial charge in [0.25, 0.3) is 0 Å². The van der Waals surface area contributed by atoms with Crippen LogP contribution >= 0.6 is 11.9 Å². The van der Waals surface area contributed by atoms with Crippen molar-refractivity contribution in [3.8, 4) is 0 Å². The Balaban J connectivity index is 1.59. The van der Waals surface area contributed by atoms with Crippen molar-refractivity contribution in [3.05, 3.63) is 0 Å². The van der Waals surface area contributed by atoms with E-state index in [4.69, 9.17) is 0 Å². The molecule has 0 aromatic rings. The van der Waals surface area contributed by atoms with Crippen molar-refractivity contribution in [2.24, 2.45) is 23.7 Å². The van der Waals surface area contributed by atoms with Crippen LogP contribution in [0.2, 0.25) is 0 Å². The van der Waals surface area contributed by atoms with E-state index in [1.807, 2.05) is 0 Å². The lowest BCUT2D eigenvalue weighted by molar-refractivity contribution is -0.278. The van der Waals surface area contributed by atoms with Crippen LogP contribution in [0.4, 0.5) is 26.3 Å². The lowest BCUT2D eigenvalue weighted by Gasteiger charge is -2.60. The molecule has 0 unspecified atom stereocenters. The maximum Gasteiger partial charge on any atom is 0.413 e. The first kappa shape index (κ1) is 20.8. The first-order chi connectivity index (χ1) is 13.6. The summed E-state index contributed by atoms with van der Waals surface area (Å²) in [7, 11) is 0. The second-order valence-electron chi connectivity index (χ2n) is 10.5. The summed E-state index contributed by atoms with van der Waals surface area (Å²) in [6, 6.07) is -0.611. The van der Waals surface area contributed by atoms with Gasteiger partial charge in [-0.3, -0.25) is 0 Å². The van der Waals surface area contributed by atoms with Gasteiger partial charge in [0.1, 0.15) is 0 Å². The molecule has 6 rings (SSSR count). The fourth-order valence-corrected chi connectivity index (χ4v) is 9.71. The molecule has 0 N–H and O–H groups in total. The zero-order chi connectivity index (χ0) is 20.7. The second-order valence-corrected chi connectivity index (χ2v) is 11.7. The van der Waals surface area contributed by atoms with Gasteiger partial charge in [0.05, 0.1) is 0 Å². The molecule has 166 valence electrons. The Morgan fingerprint density at radius 2 is 1.17 bits per heavy atom. The van der Waals surface area contributed by atoms with E-state index in [9.17, 15) is 26.3 Å². The van der Waals surface area contributed by atoms with E-state index in [1.54, 1.807) is 4.31 Å². The molecule has 0 amide bonds. The Kier molecular flexibility index (Phi) is 4.79. The molecule has 2 atom stereocenters. The average Bonchev–Trinajstić information content (AvgIpc) is 2.88. The Labute approximate surface area is 172 Å². The average molecular weight is 442 g/mol. The van der Waals surface area contributed by atoms with Gasteiger partial charge in [-0.25, -0.2) is 4.31 Å². The summed E-state index contributed by atoms with van der Waals surface area (Å²) in [6.45, 7) is 0. The highest BCUT2D eigenvalue weighted by Gasteiger charge is 2.80. The Hall–Kier alpha value is -0.110. The summed E-state index contributed by atoms with van der Waals surface area (Å²) < 4.78 is 83.9. The molecule has 1 nitrogen and oxygen atoms in total. The number of alkyl halides is 6. The van der Waals surface area contributed by atoms with Gasteiger partial charge >= 0.3 is 12.4 Å². The van der Waals surface area contributed by atoms with Crippen LogP contribution in [0.3, 0.4) is 0 Å². The third kappa shape index (κ3) is 3.00. The zero-order valence-electron chi connectivity index (χ0n) is 16.5. The van der Waals surface area contributed by atoms with E-state index in [-0.39, 0.29) is 18.4 Å². The lowest BCUT2D eigenvalue weighted by atomic mass is 9.52. The van der Waals surface area contributed by atoms with E-state index in [0.717, 1.165) is 57.8 Å². The topological polar surface area (TPSA) is 3.24 Å². The van der Waals surface area contributed by atoms with Gasteiger partial charge in [-0.05, 0) is 69.1 Å². The fraction of sp³-hybridized carbons (Fsp3) is 1.00. The van der Waals surface area contributed by atoms with Gasteiger partial charge in [-0.1, -0.05) is 37.6 Å². The predicted octanol–water partition coefficient (Wildman–Crippen LogP) is 7.12. The number of fused-ring (bicyclic) bond motifs is 1. The van der Waals surface area contributed by atoms with E-state index in [0.29, 0.717) is 30.6 Å². The van der Waals surface area contributed by atoms with Crippen molar-refractivity contribution >= 4 is 11.9 Å². The first-order valence-corrected chi connectivity index (χ1v) is 11.9. The highest BCUT2D eigenvalue weighted by molar-refractivity contribution is 7.98. The van der Waals surface area contributed by atoms with Gasteiger partial charge in [0, 0.05) is 17.5 Å². The standard InChI is InChI=1S/C21H29F6NS/c22-20(23,24)19(21(25,26)27)16-5-3-1-2-4-6-17(16)28(29-19)18-10-13-7-14(11-18)9-15(8-13)12-18/h13-17H,1-12H2/t13?,14?,15?,16-,17-,18?/m0/s1. The third-order valence-electron chi connectivity index (χ3n) is 8.61. The molecule has 5 aliphatic carbocycles. The zero-order valence-corrected chi connectivity index (χ0v) is 17.3. The van der Waals surface area contributed by atoms with E-state index in [2.05, 4.69) is 0 Å². The molecule has 0 radical (unpaired) electrons. The molecular weight excluding hydrogens is 412 g/mol. The van der Waals surface area contributed by atoms with Crippen molar-refractivity contribution in [2.75, 3.05) is 0 Å². The maximum absolute atomic E-state index is 14.3. The molecule has 4 bridgehead atoms. The van der Waals surface area contributed by atoms with Crippen LogP contribution in [-0.4, -0.2) is 33.0 Å². The minimum Gasteiger partial charge on any atom is -0.240 e. The summed E-state index contributed by atoms with van der Waals surface area (Å²) in [5, 5.41) is 0. The van der Waals surface area contributed by atoms with Crippen LogP contribution in [0.1, 0.15) is 77.0 Å². The molecular formula is C21H29F6NS. The van der Waals surface area contributed by atoms with Crippen LogP contribution in [-0.2, 0) is 0 Å². The molecule has 1 heterocycles. The molecule has 0 aromatic carbocycles. The smallest absolute Gasteiger partial charge is 0.240 e. The lowest BCUT2D eigenvalue weighted by Crippen LogP contribution is -2.59. The SMILES string of the molecule is FC(F)(F)C1(C(F)(F)F)SN(C23CC4CC(CC(C4)C2)C3)[C@H]2CCCCCC[C@@H]21. The minimum atomic E-state index is -5.30. The van der Waals surface area contributed by atoms with Crippen LogP contribution in [0, 0.1) is 23.7 Å². The van der Waals surface area contributed by atoms with Gasteiger partial charge in [0.15, 0.2) is 0 Å². The van der Waals surface area contributed by atoms with Crippen molar-refractivity contribution < 1.29 is 26.3 Å². The highest BCUT2D eigenvalue weighted by atomic mass is 32.2. The summed E-state index contributed by atoms with van der Waals surface area (Å²) in [4.78, 5) is 0. The Bertz CT molecular complexity index is 595. The Morgan fingerprint density at radius 3 is 1.66 bits per heavy atom. The van der Waals surface area contributed by atoms with Gasteiger partial charge in [0.2, 0.25) is 4.75 Å². The van der Waals surface area contributed by atoms with Crippen LogP contribution in [0.15, 0.2) is 0 Å². The number of nitrogens with zero attached hydrogens (tertiary/aromatic N) is 1. The van der Waals surface area contributed by atoms with E-state index < -0.39 is 34.6 Å². The van der Waals surface area contributed by atoms with Crippen LogP contribution in [0.25, 0.3) is 0 Å². The summed E-state index contributed by atoms with van der Waals surface area (Å²) >= 11 is 0.168. The molecule has 6 aliphatic rings. The number of rotatable bonds is 1. The predicted molar refractivity (Wildman–Crippen MR) is 100 cm³/mol. The fourth-order valence-electron chi connectivity index (χ4n) is 7.98. The molecule has 6 fully saturated rings. The quantitative estimate of drug-likeness (QED) is 0.315. The van der Waals surface area contributed by atoms with Gasteiger partial charge in [-0.15, -0.1) is 0 Å². The molecule has 8 heteroatoms. The van der Waals surface area contributed by atoms with E-state index >= 15 is 0 Å². The maximum atomic E-state index is 14.3. The second kappa shape index (κ2) is 6.69.